The van der Waals surface area contributed by atoms with Crippen LogP contribution in [0.4, 0.5) is 11.4 Å². The molecule has 1 aliphatic rings. The van der Waals surface area contributed by atoms with Gasteiger partial charge in [0, 0.05) is 16.4 Å². The van der Waals surface area contributed by atoms with Crippen molar-refractivity contribution < 1.29 is 14.3 Å². The van der Waals surface area contributed by atoms with Crippen molar-refractivity contribution in [2.75, 3.05) is 17.7 Å². The summed E-state index contributed by atoms with van der Waals surface area (Å²) in [5.74, 6) is -0.193. The molecular weight excluding hydrogens is 340 g/mol. The van der Waals surface area contributed by atoms with Crippen molar-refractivity contribution >= 4 is 34.8 Å². The maximum absolute atomic E-state index is 12.3. The summed E-state index contributed by atoms with van der Waals surface area (Å²) in [6.07, 6.45) is 0.549. The number of hydrogen-bond acceptors (Lipinski definition) is 3. The number of halogens is 1. The van der Waals surface area contributed by atoms with E-state index >= 15 is 0 Å². The average Bonchev–Trinajstić information content (AvgIpc) is 3.40. The Balaban J connectivity index is 1.54. The Morgan fingerprint density at radius 3 is 2.12 bits per heavy atom. The van der Waals surface area contributed by atoms with Gasteiger partial charge in [-0.15, -0.1) is 0 Å². The number of nitrogens with one attached hydrogen (secondary N) is 2. The summed E-state index contributed by atoms with van der Waals surface area (Å²) in [5, 5.41) is 6.24. The van der Waals surface area contributed by atoms with Crippen molar-refractivity contribution in [1.29, 1.82) is 0 Å². The van der Waals surface area contributed by atoms with Crippen molar-refractivity contribution in [2.45, 2.75) is 13.3 Å². The van der Waals surface area contributed by atoms with Crippen LogP contribution in [0.1, 0.15) is 12.0 Å². The number of ether oxygens (including phenoxy) is 1. The Morgan fingerprint density at radius 2 is 1.56 bits per heavy atom. The molecule has 5 nitrogen and oxygen atoms in total. The molecule has 3 rings (SSSR count). The molecular formula is C19H19ClN2O3. The van der Waals surface area contributed by atoms with Crippen LogP contribution in [-0.4, -0.2) is 18.9 Å². The van der Waals surface area contributed by atoms with Crippen molar-refractivity contribution in [2.24, 2.45) is 11.8 Å². The molecule has 0 bridgehead atoms. The highest BCUT2D eigenvalue weighted by Gasteiger charge is 2.48. The third-order valence-electron chi connectivity index (χ3n) is 4.26. The maximum atomic E-state index is 12.3. The Morgan fingerprint density at radius 1 is 1.00 bits per heavy atom. The first-order valence-corrected chi connectivity index (χ1v) is 8.37. The zero-order valence-corrected chi connectivity index (χ0v) is 14.8. The molecule has 1 fully saturated rings. The predicted octanol–water partition coefficient (Wildman–Crippen LogP) is 3.87. The number of amides is 2. The van der Waals surface area contributed by atoms with Crippen molar-refractivity contribution in [3.63, 3.8) is 0 Å². The lowest BCUT2D eigenvalue weighted by Gasteiger charge is -2.08. The van der Waals surface area contributed by atoms with Gasteiger partial charge in [-0.25, -0.2) is 0 Å². The molecule has 25 heavy (non-hydrogen) atoms. The second kappa shape index (κ2) is 7.15. The van der Waals surface area contributed by atoms with E-state index in [4.69, 9.17) is 16.3 Å². The lowest BCUT2D eigenvalue weighted by molar-refractivity contribution is -0.122. The summed E-state index contributed by atoms with van der Waals surface area (Å²) in [6, 6.07) is 12.4. The van der Waals surface area contributed by atoms with E-state index in [9.17, 15) is 9.59 Å². The van der Waals surface area contributed by atoms with E-state index in [0.29, 0.717) is 22.8 Å². The fourth-order valence-electron chi connectivity index (χ4n) is 2.59. The van der Waals surface area contributed by atoms with Crippen LogP contribution >= 0.6 is 11.6 Å². The first-order valence-electron chi connectivity index (χ1n) is 8.00. The Labute approximate surface area is 151 Å². The molecule has 2 amide bonds. The van der Waals surface area contributed by atoms with Gasteiger partial charge in [0.15, 0.2) is 0 Å². The lowest BCUT2D eigenvalue weighted by atomic mass is 10.2. The minimum Gasteiger partial charge on any atom is -0.497 e. The van der Waals surface area contributed by atoms with Crippen LogP contribution in [0.5, 0.6) is 5.75 Å². The van der Waals surface area contributed by atoms with Gasteiger partial charge in [0.1, 0.15) is 5.75 Å². The number of aryl methyl sites for hydroxylation is 1. The summed E-state index contributed by atoms with van der Waals surface area (Å²) in [4.78, 5) is 24.5. The van der Waals surface area contributed by atoms with E-state index < -0.39 is 0 Å². The summed E-state index contributed by atoms with van der Waals surface area (Å²) in [7, 11) is 1.59. The lowest BCUT2D eigenvalue weighted by Crippen LogP contribution is -2.20. The van der Waals surface area contributed by atoms with E-state index in [2.05, 4.69) is 10.6 Å². The van der Waals surface area contributed by atoms with Crippen molar-refractivity contribution in [3.8, 4) is 5.75 Å². The molecule has 0 heterocycles. The van der Waals surface area contributed by atoms with Gasteiger partial charge in [0.2, 0.25) is 11.8 Å². The van der Waals surface area contributed by atoms with Crippen LogP contribution < -0.4 is 15.4 Å². The van der Waals surface area contributed by atoms with Gasteiger partial charge in [0.05, 0.1) is 18.9 Å². The summed E-state index contributed by atoms with van der Waals surface area (Å²) >= 11 is 6.06. The van der Waals surface area contributed by atoms with Crippen LogP contribution in [-0.2, 0) is 9.59 Å². The highest BCUT2D eigenvalue weighted by atomic mass is 35.5. The van der Waals surface area contributed by atoms with Crippen LogP contribution in [0.3, 0.4) is 0 Å². The highest BCUT2D eigenvalue weighted by molar-refractivity contribution is 6.31. The second-order valence-corrected chi connectivity index (χ2v) is 6.53. The zero-order chi connectivity index (χ0) is 18.0. The van der Waals surface area contributed by atoms with Gasteiger partial charge in [-0.05, 0) is 55.3 Å². The van der Waals surface area contributed by atoms with E-state index in [-0.39, 0.29) is 23.7 Å². The Hall–Kier alpha value is -2.53. The third-order valence-corrected chi connectivity index (χ3v) is 4.67. The highest BCUT2D eigenvalue weighted by Crippen LogP contribution is 2.40. The molecule has 6 heteroatoms. The number of carbonyl (C=O) groups is 2. The molecule has 1 saturated carbocycles. The van der Waals surface area contributed by atoms with E-state index in [0.717, 1.165) is 11.3 Å². The number of methoxy groups -OCH3 is 1. The smallest absolute Gasteiger partial charge is 0.228 e. The quantitative estimate of drug-likeness (QED) is 0.852. The third kappa shape index (κ3) is 4.12. The van der Waals surface area contributed by atoms with Crippen LogP contribution in [0, 0.1) is 18.8 Å². The standard InChI is InChI=1S/C19H19ClN2O3/c1-11-3-4-13(9-17(11)20)22-19(24)16-10-15(16)18(23)21-12-5-7-14(25-2)8-6-12/h3-9,15-16H,10H2,1-2H3,(H,21,23)(H,22,24). The van der Waals surface area contributed by atoms with Gasteiger partial charge in [-0.1, -0.05) is 17.7 Å². The monoisotopic (exact) mass is 358 g/mol. The summed E-state index contributed by atoms with van der Waals surface area (Å²) in [6.45, 7) is 1.90. The van der Waals surface area contributed by atoms with Crippen molar-refractivity contribution in [3.05, 3.63) is 53.1 Å². The molecule has 2 aromatic carbocycles. The SMILES string of the molecule is COc1ccc(NC(=O)C2CC2C(=O)Nc2ccc(C)c(Cl)c2)cc1. The molecule has 2 unspecified atom stereocenters. The molecule has 130 valence electrons. The van der Waals surface area contributed by atoms with E-state index in [1.54, 1.807) is 43.5 Å². The number of hydrogen-bond donors (Lipinski definition) is 2. The van der Waals surface area contributed by atoms with Gasteiger partial charge in [-0.3, -0.25) is 9.59 Å². The molecule has 2 aromatic rings. The number of anilines is 2. The summed E-state index contributed by atoms with van der Waals surface area (Å²) in [5.41, 5.74) is 2.27. The van der Waals surface area contributed by atoms with Crippen LogP contribution in [0.25, 0.3) is 0 Å². The second-order valence-electron chi connectivity index (χ2n) is 6.12. The zero-order valence-electron chi connectivity index (χ0n) is 14.0. The molecule has 0 aliphatic heterocycles. The summed E-state index contributed by atoms with van der Waals surface area (Å²) < 4.78 is 5.08. The Bertz CT molecular complexity index is 805. The van der Waals surface area contributed by atoms with Gasteiger partial charge in [0.25, 0.3) is 0 Å². The molecule has 1 aliphatic carbocycles. The fraction of sp³-hybridized carbons (Fsp3) is 0.263. The molecule has 0 spiro atoms. The molecule has 2 atom stereocenters. The number of carbonyl (C=O) groups excluding carboxylic acids is 2. The van der Waals surface area contributed by atoms with Gasteiger partial charge < -0.3 is 15.4 Å². The Kier molecular flexibility index (Phi) is 4.95. The van der Waals surface area contributed by atoms with Gasteiger partial charge in [-0.2, -0.15) is 0 Å². The fourth-order valence-corrected chi connectivity index (χ4v) is 2.77. The number of benzene rings is 2. The van der Waals surface area contributed by atoms with E-state index in [1.807, 2.05) is 13.0 Å². The van der Waals surface area contributed by atoms with Crippen molar-refractivity contribution in [1.82, 2.24) is 0 Å². The largest absolute Gasteiger partial charge is 0.497 e. The molecule has 2 N–H and O–H groups in total. The first kappa shape index (κ1) is 17.3. The minimum absolute atomic E-state index is 0.146. The van der Waals surface area contributed by atoms with Gasteiger partial charge >= 0.3 is 0 Å². The topological polar surface area (TPSA) is 67.4 Å². The van der Waals surface area contributed by atoms with E-state index in [1.165, 1.54) is 0 Å². The first-order chi connectivity index (χ1) is 12.0. The minimum atomic E-state index is -0.307. The molecule has 0 aromatic heterocycles. The molecule has 0 saturated heterocycles. The van der Waals surface area contributed by atoms with Crippen LogP contribution in [0.2, 0.25) is 5.02 Å². The predicted molar refractivity (Wildman–Crippen MR) is 98.0 cm³/mol. The normalized spacial score (nSPS) is 18.4. The number of rotatable bonds is 5. The average molecular weight is 359 g/mol. The maximum Gasteiger partial charge on any atom is 0.228 e. The molecule has 0 radical (unpaired) electrons. The van der Waals surface area contributed by atoms with Crippen LogP contribution in [0.15, 0.2) is 42.5 Å².